The number of aromatic nitrogens is 2. The van der Waals surface area contributed by atoms with Gasteiger partial charge < -0.3 is 10.1 Å². The highest BCUT2D eigenvalue weighted by Gasteiger charge is 2.16. The van der Waals surface area contributed by atoms with Gasteiger partial charge in [-0.2, -0.15) is 5.10 Å². The molecule has 0 aliphatic carbocycles. The van der Waals surface area contributed by atoms with Crippen molar-refractivity contribution in [1.82, 2.24) is 9.78 Å². The molecule has 2 aromatic rings. The lowest BCUT2D eigenvalue weighted by Crippen LogP contribution is -2.11. The van der Waals surface area contributed by atoms with E-state index >= 15 is 0 Å². The third-order valence-electron chi connectivity index (χ3n) is 3.78. The van der Waals surface area contributed by atoms with Crippen LogP contribution in [-0.2, 0) is 13.0 Å². The lowest BCUT2D eigenvalue weighted by molar-refractivity contribution is 0.415. The molecule has 0 fully saturated rings. The molecule has 3 rings (SSSR count). The molecule has 20 heavy (non-hydrogen) atoms. The first-order chi connectivity index (χ1) is 9.83. The maximum absolute atomic E-state index is 5.47. The average Bonchev–Trinajstić information content (AvgIpc) is 2.90. The number of fused-ring (bicyclic) bond motifs is 1. The molecule has 1 aliphatic heterocycles. The van der Waals surface area contributed by atoms with Crippen molar-refractivity contribution >= 4 is 5.69 Å². The molecule has 0 atom stereocenters. The molecule has 0 bridgehead atoms. The van der Waals surface area contributed by atoms with Gasteiger partial charge in [-0.15, -0.1) is 0 Å². The van der Waals surface area contributed by atoms with Crippen LogP contribution in [-0.4, -0.2) is 23.4 Å². The molecule has 0 unspecified atom stereocenters. The second-order valence-corrected chi connectivity index (χ2v) is 5.19. The van der Waals surface area contributed by atoms with Crippen molar-refractivity contribution in [3.05, 3.63) is 30.0 Å². The maximum atomic E-state index is 5.47. The molecule has 106 valence electrons. The molecular formula is C16H21N3O. The molecule has 2 heterocycles. The van der Waals surface area contributed by atoms with Gasteiger partial charge in [-0.25, -0.2) is 0 Å². The first kappa shape index (κ1) is 13.0. The minimum absolute atomic E-state index is 0.842. The SMILES string of the molecule is CCCn1ncc(OC)c1-c1ccc2c(c1)NCCC2. The molecular weight excluding hydrogens is 250 g/mol. The monoisotopic (exact) mass is 271 g/mol. The first-order valence-corrected chi connectivity index (χ1v) is 7.30. The van der Waals surface area contributed by atoms with Crippen LogP contribution in [0.5, 0.6) is 5.75 Å². The third-order valence-corrected chi connectivity index (χ3v) is 3.78. The Labute approximate surface area is 119 Å². The molecule has 0 amide bonds. The van der Waals surface area contributed by atoms with Crippen molar-refractivity contribution in [2.45, 2.75) is 32.7 Å². The molecule has 0 saturated heterocycles. The number of benzene rings is 1. The Morgan fingerprint density at radius 3 is 3.10 bits per heavy atom. The van der Waals surface area contributed by atoms with E-state index in [1.807, 2.05) is 4.68 Å². The Morgan fingerprint density at radius 2 is 2.30 bits per heavy atom. The number of hydrogen-bond acceptors (Lipinski definition) is 3. The average molecular weight is 271 g/mol. The predicted molar refractivity (Wildman–Crippen MR) is 81.3 cm³/mol. The molecule has 1 aromatic carbocycles. The molecule has 0 spiro atoms. The van der Waals surface area contributed by atoms with E-state index in [1.165, 1.54) is 23.2 Å². The zero-order valence-electron chi connectivity index (χ0n) is 12.1. The topological polar surface area (TPSA) is 39.1 Å². The molecule has 4 heteroatoms. The lowest BCUT2D eigenvalue weighted by Gasteiger charge is -2.19. The molecule has 1 aliphatic rings. The van der Waals surface area contributed by atoms with Crippen molar-refractivity contribution < 1.29 is 4.74 Å². The van der Waals surface area contributed by atoms with E-state index in [-0.39, 0.29) is 0 Å². The van der Waals surface area contributed by atoms with Crippen molar-refractivity contribution in [2.24, 2.45) is 0 Å². The van der Waals surface area contributed by atoms with Crippen LogP contribution in [0.25, 0.3) is 11.3 Å². The van der Waals surface area contributed by atoms with Crippen LogP contribution in [0.4, 0.5) is 5.69 Å². The van der Waals surface area contributed by atoms with Crippen LogP contribution in [0, 0.1) is 0 Å². The molecule has 4 nitrogen and oxygen atoms in total. The summed E-state index contributed by atoms with van der Waals surface area (Å²) in [5.41, 5.74) is 4.89. The minimum atomic E-state index is 0.842. The van der Waals surface area contributed by atoms with E-state index in [1.54, 1.807) is 13.3 Å². The highest BCUT2D eigenvalue weighted by atomic mass is 16.5. The van der Waals surface area contributed by atoms with Crippen molar-refractivity contribution in [1.29, 1.82) is 0 Å². The minimum Gasteiger partial charge on any atom is -0.493 e. The number of rotatable bonds is 4. The summed E-state index contributed by atoms with van der Waals surface area (Å²) in [6.45, 7) is 4.12. The number of ether oxygens (including phenoxy) is 1. The van der Waals surface area contributed by atoms with Gasteiger partial charge in [0.15, 0.2) is 5.75 Å². The van der Waals surface area contributed by atoms with Crippen LogP contribution in [0.1, 0.15) is 25.3 Å². The summed E-state index contributed by atoms with van der Waals surface area (Å²) >= 11 is 0. The van der Waals surface area contributed by atoms with Crippen LogP contribution < -0.4 is 10.1 Å². The van der Waals surface area contributed by atoms with Crippen LogP contribution in [0.2, 0.25) is 0 Å². The van der Waals surface area contributed by atoms with Gasteiger partial charge in [-0.3, -0.25) is 4.68 Å². The van der Waals surface area contributed by atoms with E-state index in [0.717, 1.165) is 37.4 Å². The highest BCUT2D eigenvalue weighted by molar-refractivity contribution is 5.72. The van der Waals surface area contributed by atoms with Gasteiger partial charge >= 0.3 is 0 Å². The Balaban J connectivity index is 2.05. The highest BCUT2D eigenvalue weighted by Crippen LogP contribution is 2.34. The van der Waals surface area contributed by atoms with Crippen LogP contribution in [0.3, 0.4) is 0 Å². The van der Waals surface area contributed by atoms with E-state index in [2.05, 4.69) is 35.5 Å². The molecule has 0 saturated carbocycles. The Bertz CT molecular complexity index is 604. The largest absolute Gasteiger partial charge is 0.493 e. The number of methoxy groups -OCH3 is 1. The summed E-state index contributed by atoms with van der Waals surface area (Å²) in [6.07, 6.45) is 5.23. The van der Waals surface area contributed by atoms with Gasteiger partial charge in [0.1, 0.15) is 5.69 Å². The first-order valence-electron chi connectivity index (χ1n) is 7.30. The van der Waals surface area contributed by atoms with Gasteiger partial charge in [-0.1, -0.05) is 19.1 Å². The summed E-state index contributed by atoms with van der Waals surface area (Å²) in [7, 11) is 1.70. The van der Waals surface area contributed by atoms with Crippen molar-refractivity contribution in [3.63, 3.8) is 0 Å². The Morgan fingerprint density at radius 1 is 1.40 bits per heavy atom. The summed E-state index contributed by atoms with van der Waals surface area (Å²) in [6, 6.07) is 6.62. The fourth-order valence-electron chi connectivity index (χ4n) is 2.80. The third kappa shape index (κ3) is 2.26. The summed E-state index contributed by atoms with van der Waals surface area (Å²) in [5.74, 6) is 0.842. The number of nitrogens with zero attached hydrogens (tertiary/aromatic N) is 2. The zero-order valence-corrected chi connectivity index (χ0v) is 12.1. The van der Waals surface area contributed by atoms with Gasteiger partial charge in [0, 0.05) is 24.3 Å². The standard InChI is InChI=1S/C16H21N3O/c1-3-9-19-16(15(20-2)11-18-19)13-7-6-12-5-4-8-17-14(12)10-13/h6-7,10-11,17H,3-5,8-9H2,1-2H3. The molecule has 1 aromatic heterocycles. The van der Waals surface area contributed by atoms with Gasteiger partial charge in [-0.05, 0) is 30.9 Å². The molecule has 1 N–H and O–H groups in total. The van der Waals surface area contributed by atoms with Crippen molar-refractivity contribution in [3.8, 4) is 17.0 Å². The summed E-state index contributed by atoms with van der Waals surface area (Å²) in [5, 5.41) is 7.92. The van der Waals surface area contributed by atoms with E-state index < -0.39 is 0 Å². The summed E-state index contributed by atoms with van der Waals surface area (Å²) < 4.78 is 7.50. The fourth-order valence-corrected chi connectivity index (χ4v) is 2.80. The van der Waals surface area contributed by atoms with E-state index in [0.29, 0.717) is 0 Å². The molecule has 0 radical (unpaired) electrons. The number of anilines is 1. The number of hydrogen-bond donors (Lipinski definition) is 1. The van der Waals surface area contributed by atoms with Gasteiger partial charge in [0.05, 0.1) is 13.3 Å². The van der Waals surface area contributed by atoms with Crippen LogP contribution >= 0.6 is 0 Å². The van der Waals surface area contributed by atoms with Crippen molar-refractivity contribution in [2.75, 3.05) is 19.0 Å². The van der Waals surface area contributed by atoms with Crippen LogP contribution in [0.15, 0.2) is 24.4 Å². The Hall–Kier alpha value is -1.97. The van der Waals surface area contributed by atoms with Gasteiger partial charge in [0.2, 0.25) is 0 Å². The normalized spacial score (nSPS) is 13.7. The van der Waals surface area contributed by atoms with E-state index in [4.69, 9.17) is 4.74 Å². The number of aryl methyl sites for hydroxylation is 2. The summed E-state index contributed by atoms with van der Waals surface area (Å²) in [4.78, 5) is 0. The quantitative estimate of drug-likeness (QED) is 0.927. The second-order valence-electron chi connectivity index (χ2n) is 5.19. The lowest BCUT2D eigenvalue weighted by atomic mass is 10.00. The van der Waals surface area contributed by atoms with Gasteiger partial charge in [0.25, 0.3) is 0 Å². The maximum Gasteiger partial charge on any atom is 0.164 e. The second kappa shape index (κ2) is 5.57. The zero-order chi connectivity index (χ0) is 13.9. The number of nitrogens with one attached hydrogen (secondary N) is 1. The Kier molecular flexibility index (Phi) is 3.63. The predicted octanol–water partition coefficient (Wildman–Crippen LogP) is 3.33. The van der Waals surface area contributed by atoms with E-state index in [9.17, 15) is 0 Å². The fraction of sp³-hybridized carbons (Fsp3) is 0.438. The smallest absolute Gasteiger partial charge is 0.164 e.